The third-order valence-electron chi connectivity index (χ3n) is 5.19. The molecule has 6 aromatic carbocycles. The summed E-state index contributed by atoms with van der Waals surface area (Å²) in [5.74, 6) is 0. The van der Waals surface area contributed by atoms with Crippen LogP contribution in [-0.2, 0) is 46.4 Å². The van der Waals surface area contributed by atoms with Crippen molar-refractivity contribution in [3.05, 3.63) is 205 Å². The molecule has 6 aromatic rings. The maximum absolute atomic E-state index is 4.25. The van der Waals surface area contributed by atoms with Gasteiger partial charge >= 0.3 is 21.1 Å². The Morgan fingerprint density at radius 3 is 0.581 bits per heavy atom. The summed E-state index contributed by atoms with van der Waals surface area (Å²) in [6.45, 7) is 24.0. The zero-order valence-corrected chi connectivity index (χ0v) is 46.0. The molecule has 0 amide bonds. The first kappa shape index (κ1) is 78.3. The van der Waals surface area contributed by atoms with Crippen LogP contribution in [0.4, 0.5) is 0 Å². The Bertz CT molecular complexity index is 1210. The normalized spacial score (nSPS) is 7.23. The largest absolute Gasteiger partial charge is 2.00 e. The van der Waals surface area contributed by atoms with Gasteiger partial charge in [-0.05, 0) is 28.7 Å². The number of hydrogen-bond acceptors (Lipinski definition) is 4. The van der Waals surface area contributed by atoms with Crippen LogP contribution in [0.25, 0.3) is 11.1 Å². The van der Waals surface area contributed by atoms with Gasteiger partial charge in [0.15, 0.2) is 0 Å². The predicted molar refractivity (Wildman–Crippen MR) is 278 cm³/mol. The van der Waals surface area contributed by atoms with Crippen LogP contribution in [0.2, 0.25) is 0 Å². The molecule has 0 unspecified atom stereocenters. The van der Waals surface area contributed by atoms with Gasteiger partial charge in [0.1, 0.15) is 0 Å². The van der Waals surface area contributed by atoms with Crippen LogP contribution in [0, 0.1) is 12.1 Å². The molecule has 0 aliphatic carbocycles. The van der Waals surface area contributed by atoms with Crippen molar-refractivity contribution in [3.8, 4) is 11.1 Å². The second kappa shape index (κ2) is 88.2. The van der Waals surface area contributed by atoms with E-state index in [0.717, 1.165) is 6.42 Å². The van der Waals surface area contributed by atoms with Crippen LogP contribution in [-0.4, -0.2) is 56.9 Å². The van der Waals surface area contributed by atoms with E-state index in [1.807, 2.05) is 156 Å². The Labute approximate surface area is 400 Å². The van der Waals surface area contributed by atoms with Gasteiger partial charge in [-0.25, -0.2) is 0 Å². The molecular formula is C57H92O4W. The summed E-state index contributed by atoms with van der Waals surface area (Å²) in [5, 5.41) is 0. The molecule has 0 atom stereocenters. The summed E-state index contributed by atoms with van der Waals surface area (Å²) in [6.07, 6.45) is 1.03. The van der Waals surface area contributed by atoms with Crippen LogP contribution in [0.3, 0.4) is 0 Å². The Morgan fingerprint density at radius 1 is 0.274 bits per heavy atom. The molecule has 350 valence electrons. The molecule has 0 aromatic heterocycles. The standard InChI is InChI=1S/C13H12.C12H10.2C6H5.4C2H6O.6C2H6.W/c1-3-7-12(8-4-1)11-13-9-5-2-6-10-13;1-3-7-11(8-4-1)12-9-5-2-6-10-12;2*1-2-4-6-5-3-1;4*1-3-2;6*1-2;/h1-10H,11H2;1-10H;2*1-5H;4*1-2H3;6*1-2H3;/q;;2*-1;;;;;;;;;;;+2. The predicted octanol–water partition coefficient (Wildman–Crippen LogP) is 16.8. The van der Waals surface area contributed by atoms with Gasteiger partial charge in [0, 0.05) is 56.9 Å². The molecule has 0 radical (unpaired) electrons. The van der Waals surface area contributed by atoms with Gasteiger partial charge in [0.05, 0.1) is 0 Å². The first-order valence-corrected chi connectivity index (χ1v) is 21.7. The zero-order chi connectivity index (χ0) is 48.5. The van der Waals surface area contributed by atoms with E-state index in [1.54, 1.807) is 56.9 Å². The van der Waals surface area contributed by atoms with Crippen molar-refractivity contribution in [3.63, 3.8) is 0 Å². The molecule has 0 saturated carbocycles. The van der Waals surface area contributed by atoms with Gasteiger partial charge in [-0.15, -0.1) is 0 Å². The van der Waals surface area contributed by atoms with Crippen LogP contribution >= 0.6 is 0 Å². The second-order valence-electron chi connectivity index (χ2n) is 9.67. The summed E-state index contributed by atoms with van der Waals surface area (Å²) < 4.78 is 17.0. The van der Waals surface area contributed by atoms with Crippen LogP contribution in [0.15, 0.2) is 182 Å². The van der Waals surface area contributed by atoms with Crippen LogP contribution < -0.4 is 0 Å². The summed E-state index contributed by atoms with van der Waals surface area (Å²) in [5.41, 5.74) is 5.29. The number of rotatable bonds is 3. The van der Waals surface area contributed by atoms with Crippen molar-refractivity contribution in [2.75, 3.05) is 56.9 Å². The van der Waals surface area contributed by atoms with E-state index in [2.05, 4.69) is 140 Å². The number of methoxy groups -OCH3 is 4. The van der Waals surface area contributed by atoms with Crippen molar-refractivity contribution in [1.82, 2.24) is 0 Å². The number of ether oxygens (including phenoxy) is 4. The maximum atomic E-state index is 4.25. The minimum atomic E-state index is 0. The fraction of sp³-hybridized carbons (Fsp3) is 0.368. The van der Waals surface area contributed by atoms with E-state index < -0.39 is 0 Å². The topological polar surface area (TPSA) is 36.9 Å². The molecule has 0 saturated heterocycles. The Kier molecular flexibility index (Phi) is 111. The fourth-order valence-electron chi connectivity index (χ4n) is 3.37. The van der Waals surface area contributed by atoms with E-state index in [9.17, 15) is 0 Å². The van der Waals surface area contributed by atoms with Crippen molar-refractivity contribution in [2.24, 2.45) is 0 Å². The molecule has 6 rings (SSSR count). The fourth-order valence-corrected chi connectivity index (χ4v) is 3.37. The third-order valence-corrected chi connectivity index (χ3v) is 5.19. The molecule has 0 aliphatic rings. The Hall–Kier alpha value is -4.15. The Balaban J connectivity index is -0.0000000754. The molecular weight excluding hydrogens is 932 g/mol. The molecule has 0 N–H and O–H groups in total. The molecule has 0 spiro atoms. The summed E-state index contributed by atoms with van der Waals surface area (Å²) in [7, 11) is 13.0. The van der Waals surface area contributed by atoms with E-state index >= 15 is 0 Å². The summed E-state index contributed by atoms with van der Waals surface area (Å²) in [4.78, 5) is 0. The van der Waals surface area contributed by atoms with Gasteiger partial charge in [0.25, 0.3) is 0 Å². The molecule has 0 fully saturated rings. The molecule has 62 heavy (non-hydrogen) atoms. The van der Waals surface area contributed by atoms with Crippen molar-refractivity contribution >= 4 is 0 Å². The molecule has 0 aliphatic heterocycles. The summed E-state index contributed by atoms with van der Waals surface area (Å²) >= 11 is 0. The average Bonchev–Trinajstić information content (AvgIpc) is 3.37. The molecule has 4 nitrogen and oxygen atoms in total. The maximum Gasteiger partial charge on any atom is 2.00 e. The minimum Gasteiger partial charge on any atom is -0.388 e. The van der Waals surface area contributed by atoms with Gasteiger partial charge in [0.2, 0.25) is 0 Å². The average molecular weight is 1030 g/mol. The first-order valence-electron chi connectivity index (χ1n) is 21.7. The van der Waals surface area contributed by atoms with E-state index in [-0.39, 0.29) is 21.1 Å². The quantitative estimate of drug-likeness (QED) is 0.166. The van der Waals surface area contributed by atoms with Gasteiger partial charge in [-0.3, -0.25) is 0 Å². The summed E-state index contributed by atoms with van der Waals surface area (Å²) in [6, 6.07) is 66.8. The monoisotopic (exact) mass is 1020 g/mol. The Morgan fingerprint density at radius 2 is 0.435 bits per heavy atom. The van der Waals surface area contributed by atoms with Crippen LogP contribution in [0.1, 0.15) is 94.2 Å². The van der Waals surface area contributed by atoms with Gasteiger partial charge in [-0.1, -0.05) is 204 Å². The molecule has 0 bridgehead atoms. The van der Waals surface area contributed by atoms with Crippen LogP contribution in [0.5, 0.6) is 0 Å². The number of hydrogen-bond donors (Lipinski definition) is 0. The van der Waals surface area contributed by atoms with Crippen molar-refractivity contribution in [1.29, 1.82) is 0 Å². The van der Waals surface area contributed by atoms with E-state index in [0.29, 0.717) is 0 Å². The van der Waals surface area contributed by atoms with Crippen molar-refractivity contribution < 1.29 is 40.0 Å². The SMILES string of the molecule is CC.CC.CC.CC.CC.CC.COC.COC.COC.COC.[W+2].[c-]1ccccc1.[c-]1ccccc1.c1ccc(-c2ccccc2)cc1.c1ccc(Cc2ccccc2)cc1. The molecule has 0 heterocycles. The van der Waals surface area contributed by atoms with Gasteiger partial charge < -0.3 is 18.9 Å². The van der Waals surface area contributed by atoms with E-state index in [1.165, 1.54) is 22.3 Å². The minimum absolute atomic E-state index is 0. The third kappa shape index (κ3) is 73.4. The van der Waals surface area contributed by atoms with Gasteiger partial charge in [-0.2, -0.15) is 72.8 Å². The first-order chi connectivity index (χ1) is 30.1. The van der Waals surface area contributed by atoms with E-state index in [4.69, 9.17) is 0 Å². The smallest absolute Gasteiger partial charge is 0.388 e. The second-order valence-corrected chi connectivity index (χ2v) is 9.67. The molecule has 5 heteroatoms. The van der Waals surface area contributed by atoms with Crippen molar-refractivity contribution in [2.45, 2.75) is 89.5 Å². The zero-order valence-electron chi connectivity index (χ0n) is 43.1. The number of benzene rings is 6.